The van der Waals surface area contributed by atoms with Crippen LogP contribution in [0, 0.1) is 29.1 Å². The van der Waals surface area contributed by atoms with Crippen molar-refractivity contribution in [2.24, 2.45) is 29.1 Å². The molecular weight excluding hydrogens is 618 g/mol. The van der Waals surface area contributed by atoms with E-state index >= 15 is 0 Å². The average molecular weight is 678 g/mol. The Hall–Kier alpha value is -3.15. The number of para-hydroxylation sites is 1. The van der Waals surface area contributed by atoms with E-state index in [0.29, 0.717) is 60.2 Å². The molecule has 0 radical (unpaired) electrons. The number of hydroxylamine groups is 2. The van der Waals surface area contributed by atoms with Gasteiger partial charge in [0.25, 0.3) is 5.91 Å². The summed E-state index contributed by atoms with van der Waals surface area (Å²) < 4.78 is 6.59. The molecule has 3 saturated carbocycles. The lowest BCUT2D eigenvalue weighted by atomic mass is 9.44. The van der Waals surface area contributed by atoms with Crippen molar-refractivity contribution in [2.75, 3.05) is 59.9 Å². The molecule has 2 bridgehead atoms. The summed E-state index contributed by atoms with van der Waals surface area (Å²) in [7, 11) is 9.57. The van der Waals surface area contributed by atoms with Gasteiger partial charge in [0.2, 0.25) is 0 Å². The highest BCUT2D eigenvalue weighted by molar-refractivity contribution is 5.97. The Morgan fingerprint density at radius 3 is 2.51 bits per heavy atom. The van der Waals surface area contributed by atoms with Crippen molar-refractivity contribution in [1.82, 2.24) is 20.6 Å². The van der Waals surface area contributed by atoms with E-state index in [1.165, 1.54) is 6.42 Å². The van der Waals surface area contributed by atoms with Crippen LogP contribution in [0.4, 0.5) is 5.69 Å². The largest absolute Gasteiger partial charge is 0.491 e. The molecule has 4 fully saturated rings. The molecule has 8 atom stereocenters. The van der Waals surface area contributed by atoms with Crippen molar-refractivity contribution in [3.8, 4) is 16.9 Å². The first-order valence-corrected chi connectivity index (χ1v) is 17.8. The van der Waals surface area contributed by atoms with Crippen molar-refractivity contribution in [3.05, 3.63) is 59.8 Å². The van der Waals surface area contributed by atoms with Crippen LogP contribution >= 0.6 is 0 Å². The van der Waals surface area contributed by atoms with E-state index in [9.17, 15) is 15.0 Å². The van der Waals surface area contributed by atoms with Crippen LogP contribution in [0.2, 0.25) is 0 Å². The summed E-state index contributed by atoms with van der Waals surface area (Å²) in [5.41, 5.74) is 5.24. The maximum Gasteiger partial charge on any atom is 0.251 e. The van der Waals surface area contributed by atoms with Crippen molar-refractivity contribution in [1.29, 1.82) is 0 Å². The second kappa shape index (κ2) is 15.0. The number of aliphatic hydroxyl groups is 2. The van der Waals surface area contributed by atoms with Crippen LogP contribution in [-0.2, 0) is 11.4 Å². The molecule has 4 N–H and O–H groups in total. The lowest BCUT2D eigenvalue weighted by Gasteiger charge is -2.62. The summed E-state index contributed by atoms with van der Waals surface area (Å²) in [6, 6.07) is 11.8. The first kappa shape index (κ1) is 37.1. The number of rotatable bonds is 14. The number of carbonyl (C=O) groups is 1. The van der Waals surface area contributed by atoms with Crippen molar-refractivity contribution in [2.45, 2.75) is 71.4 Å². The number of benzene rings is 2. The standard InChI is InChI=1S/C39H59N5O5/c1-23-32-19-29(39(32,4)5)20-33(23)41-24(2)36-35(25(3)46)34(22-45)49-44(36)21-26-12-11-13-31(37(26)48-15-14-42(7)8)27-16-28(38(47)40-6)18-30(17-27)43(9)10/h11-13,16-18,23,25,29,32-36,41,45-46H,2,14-15,19-22H2,1,3-10H3,(H,40,47)/t23-,25-,29+,32-,33-,34-,35+,36+/m0/s1. The van der Waals surface area contributed by atoms with Gasteiger partial charge in [-0.2, -0.15) is 5.06 Å². The molecule has 0 spiro atoms. The monoisotopic (exact) mass is 677 g/mol. The predicted molar refractivity (Wildman–Crippen MR) is 195 cm³/mol. The van der Waals surface area contributed by atoms with Crippen LogP contribution in [0.15, 0.2) is 48.7 Å². The number of nitrogens with one attached hydrogen (secondary N) is 2. The summed E-state index contributed by atoms with van der Waals surface area (Å²) in [6.07, 6.45) is 1.06. The lowest BCUT2D eigenvalue weighted by Crippen LogP contribution is -2.60. The third-order valence-electron chi connectivity index (χ3n) is 11.6. The van der Waals surface area contributed by atoms with E-state index in [1.54, 1.807) is 14.0 Å². The summed E-state index contributed by atoms with van der Waals surface area (Å²) in [6.45, 7) is 14.7. The topological polar surface area (TPSA) is 110 Å². The number of likely N-dealkylation sites (N-methyl/N-ethyl adjacent to an activating group) is 1. The summed E-state index contributed by atoms with van der Waals surface area (Å²) in [5.74, 6) is 2.01. The van der Waals surface area contributed by atoms with Crippen LogP contribution in [0.1, 0.15) is 56.5 Å². The van der Waals surface area contributed by atoms with Gasteiger partial charge in [0, 0.05) is 67.7 Å². The SMILES string of the molecule is C=C(N[C@H]1C[C@H]2C[C@@H]([C@@H]1C)C2(C)C)[C@@H]1[C@H]([C@H](C)O)[C@H](CO)ON1Cc1cccc(-c2cc(C(=O)NC)cc(N(C)C)c2)c1OCCN(C)C. The van der Waals surface area contributed by atoms with E-state index in [1.807, 2.05) is 68.5 Å². The predicted octanol–water partition coefficient (Wildman–Crippen LogP) is 4.37. The third kappa shape index (κ3) is 7.49. The summed E-state index contributed by atoms with van der Waals surface area (Å²) in [5, 5.41) is 29.9. The van der Waals surface area contributed by atoms with Crippen molar-refractivity contribution in [3.63, 3.8) is 0 Å². The summed E-state index contributed by atoms with van der Waals surface area (Å²) >= 11 is 0. The quantitative estimate of drug-likeness (QED) is 0.232. The minimum atomic E-state index is -0.735. The van der Waals surface area contributed by atoms with Crippen LogP contribution < -0.4 is 20.3 Å². The van der Waals surface area contributed by atoms with Crippen molar-refractivity contribution >= 4 is 11.6 Å². The van der Waals surface area contributed by atoms with Gasteiger partial charge in [0.05, 0.1) is 25.3 Å². The molecule has 1 heterocycles. The Kier molecular flexibility index (Phi) is 11.4. The zero-order chi connectivity index (χ0) is 35.8. The van der Waals surface area contributed by atoms with Crippen molar-refractivity contribution < 1.29 is 24.6 Å². The van der Waals surface area contributed by atoms with E-state index < -0.39 is 12.2 Å². The number of aliphatic hydroxyl groups excluding tert-OH is 2. The smallest absolute Gasteiger partial charge is 0.251 e. The number of anilines is 1. The lowest BCUT2D eigenvalue weighted by molar-refractivity contribution is -0.175. The van der Waals surface area contributed by atoms with E-state index in [4.69, 9.17) is 9.57 Å². The van der Waals surface area contributed by atoms with Gasteiger partial charge in [-0.05, 0) is 80.8 Å². The van der Waals surface area contributed by atoms with Crippen LogP contribution in [0.3, 0.4) is 0 Å². The normalized spacial score (nSPS) is 28.1. The van der Waals surface area contributed by atoms with Gasteiger partial charge in [-0.3, -0.25) is 9.63 Å². The van der Waals surface area contributed by atoms with Crippen LogP contribution in [0.5, 0.6) is 5.75 Å². The average Bonchev–Trinajstić information content (AvgIpc) is 3.43. The molecule has 0 aromatic heterocycles. The number of ether oxygens (including phenoxy) is 1. The Morgan fingerprint density at radius 1 is 1.18 bits per heavy atom. The molecule has 1 saturated heterocycles. The van der Waals surface area contributed by atoms with Gasteiger partial charge in [-0.1, -0.05) is 45.5 Å². The molecule has 10 nitrogen and oxygen atoms in total. The second-order valence-corrected chi connectivity index (χ2v) is 15.6. The Balaban J connectivity index is 1.51. The van der Waals surface area contributed by atoms with Gasteiger partial charge in [0.1, 0.15) is 18.5 Å². The zero-order valence-electron chi connectivity index (χ0n) is 31.0. The van der Waals surface area contributed by atoms with E-state index in [-0.39, 0.29) is 24.5 Å². The Labute approximate surface area is 293 Å². The third-order valence-corrected chi connectivity index (χ3v) is 11.6. The van der Waals surface area contributed by atoms with Gasteiger partial charge in [0.15, 0.2) is 0 Å². The number of nitrogens with zero attached hydrogens (tertiary/aromatic N) is 3. The molecule has 2 aromatic rings. The maximum absolute atomic E-state index is 12.8. The maximum atomic E-state index is 12.8. The highest BCUT2D eigenvalue weighted by Crippen LogP contribution is 2.61. The van der Waals surface area contributed by atoms with Crippen LogP contribution in [0.25, 0.3) is 11.1 Å². The first-order valence-electron chi connectivity index (χ1n) is 17.8. The fraction of sp³-hybridized carbons (Fsp3) is 0.615. The Morgan fingerprint density at radius 2 is 1.92 bits per heavy atom. The molecule has 3 aliphatic carbocycles. The molecule has 270 valence electrons. The number of hydrogen-bond acceptors (Lipinski definition) is 9. The second-order valence-electron chi connectivity index (χ2n) is 15.6. The molecule has 2 aromatic carbocycles. The minimum absolute atomic E-state index is 0.164. The first-order chi connectivity index (χ1) is 23.2. The fourth-order valence-electron chi connectivity index (χ4n) is 8.55. The molecule has 4 aliphatic rings. The van der Waals surface area contributed by atoms with Gasteiger partial charge in [-0.25, -0.2) is 0 Å². The fourth-order valence-corrected chi connectivity index (χ4v) is 8.55. The molecule has 1 amide bonds. The molecule has 10 heteroatoms. The zero-order valence-corrected chi connectivity index (χ0v) is 31.0. The highest BCUT2D eigenvalue weighted by Gasteiger charge is 2.57. The molecule has 0 unspecified atom stereocenters. The van der Waals surface area contributed by atoms with Gasteiger partial charge >= 0.3 is 0 Å². The van der Waals surface area contributed by atoms with E-state index in [0.717, 1.165) is 34.5 Å². The molecule has 1 aliphatic heterocycles. The van der Waals surface area contributed by atoms with E-state index in [2.05, 4.69) is 49.0 Å². The molecular formula is C39H59N5O5. The number of carbonyl (C=O) groups excluding carboxylic acids is 1. The highest BCUT2D eigenvalue weighted by atomic mass is 16.7. The Bertz CT molecular complexity index is 1490. The molecule has 6 rings (SSSR count). The van der Waals surface area contributed by atoms with Gasteiger partial charge in [-0.15, -0.1) is 0 Å². The number of hydrogen-bond donors (Lipinski definition) is 4. The minimum Gasteiger partial charge on any atom is -0.491 e. The number of amides is 1. The number of fused-ring (bicyclic) bond motifs is 2. The molecule has 49 heavy (non-hydrogen) atoms. The van der Waals surface area contributed by atoms with Crippen LogP contribution in [-0.4, -0.2) is 105 Å². The summed E-state index contributed by atoms with van der Waals surface area (Å²) in [4.78, 5) is 23.3. The van der Waals surface area contributed by atoms with Gasteiger partial charge < -0.3 is 35.4 Å².